The van der Waals surface area contributed by atoms with Gasteiger partial charge in [-0.3, -0.25) is 0 Å². The second kappa shape index (κ2) is 14.4. The highest BCUT2D eigenvalue weighted by Crippen LogP contribution is 2.65. The molecule has 10 aromatic rings. The molecule has 3 aliphatic rings. The fourth-order valence-corrected chi connectivity index (χ4v) is 13.2. The van der Waals surface area contributed by atoms with E-state index in [2.05, 4.69) is 242 Å². The number of nitrogens with zero attached hydrogens (tertiary/aromatic N) is 1. The van der Waals surface area contributed by atoms with E-state index in [-0.39, 0.29) is 0 Å². The van der Waals surface area contributed by atoms with Crippen molar-refractivity contribution in [2.45, 2.75) is 17.8 Å². The number of hydrogen-bond donors (Lipinski definition) is 0. The average molecular weight is 846 g/mol. The quantitative estimate of drug-likeness (QED) is 0.161. The molecule has 1 spiro atoms. The van der Waals surface area contributed by atoms with Gasteiger partial charge in [-0.1, -0.05) is 207 Å². The van der Waals surface area contributed by atoms with Crippen molar-refractivity contribution in [3.63, 3.8) is 0 Å². The highest BCUT2D eigenvalue weighted by molar-refractivity contribution is 7.25. The van der Waals surface area contributed by atoms with Crippen LogP contribution in [0.1, 0.15) is 51.4 Å². The predicted octanol–water partition coefficient (Wildman–Crippen LogP) is 16.4. The standard InChI is InChI=1S/C63H43NS/c1-3-45-46-25-10-15-30-52(46)62(42-21-6-4-7-22-42,43-23-8-5-9-24-43)57(45)39-41(2)64(44-37-38-50-49-28-14-19-36-59(49)65-60(50)40-44)58-35-20-34-56-61(58)51-29-13-18-33-55(51)63(56)53-31-16-11-26-47(53)48-27-12-17-32-54(48)63/h3-40H,2H2,1H3/b45-3-,57-39+. The summed E-state index contributed by atoms with van der Waals surface area (Å²) in [5.41, 5.74) is 19.8. The Morgan fingerprint density at radius 2 is 0.969 bits per heavy atom. The van der Waals surface area contributed by atoms with E-state index in [9.17, 15) is 0 Å². The highest BCUT2D eigenvalue weighted by atomic mass is 32.1. The van der Waals surface area contributed by atoms with Gasteiger partial charge in [0.15, 0.2) is 0 Å². The Balaban J connectivity index is 1.11. The van der Waals surface area contributed by atoms with Crippen molar-refractivity contribution in [1.29, 1.82) is 0 Å². The van der Waals surface area contributed by atoms with Crippen LogP contribution in [0.15, 0.2) is 248 Å². The maximum Gasteiger partial charge on any atom is 0.0726 e. The molecule has 0 saturated heterocycles. The normalized spacial score (nSPS) is 15.8. The van der Waals surface area contributed by atoms with Gasteiger partial charge in [0.1, 0.15) is 0 Å². The molecule has 1 nitrogen and oxygen atoms in total. The second-order valence-electron chi connectivity index (χ2n) is 17.5. The van der Waals surface area contributed by atoms with Crippen LogP contribution in [-0.4, -0.2) is 0 Å². The summed E-state index contributed by atoms with van der Waals surface area (Å²) in [5.74, 6) is 0. The van der Waals surface area contributed by atoms with Crippen molar-refractivity contribution in [3.8, 4) is 22.3 Å². The summed E-state index contributed by atoms with van der Waals surface area (Å²) in [5, 5.41) is 2.56. The molecule has 65 heavy (non-hydrogen) atoms. The SMILES string of the molecule is C=C(/C=C1\C(=C/C)c2ccccc2C1(c1ccccc1)c1ccccc1)N(c1ccc2c(c1)sc1ccccc12)c1cccc2c1-c1ccccc1C21c2ccccc2-c2ccccc21. The number of fused-ring (bicyclic) bond motifs is 14. The zero-order valence-corrected chi connectivity index (χ0v) is 36.8. The maximum absolute atomic E-state index is 5.15. The molecule has 306 valence electrons. The van der Waals surface area contributed by atoms with Crippen molar-refractivity contribution in [2.24, 2.45) is 0 Å². The van der Waals surface area contributed by atoms with Crippen LogP contribution in [0.4, 0.5) is 11.4 Å². The van der Waals surface area contributed by atoms with E-state index in [1.54, 1.807) is 0 Å². The lowest BCUT2D eigenvalue weighted by Gasteiger charge is -2.35. The Morgan fingerprint density at radius 3 is 1.62 bits per heavy atom. The van der Waals surface area contributed by atoms with Crippen LogP contribution in [0.25, 0.3) is 48.0 Å². The number of anilines is 2. The molecule has 0 fully saturated rings. The first-order valence-electron chi connectivity index (χ1n) is 22.6. The maximum atomic E-state index is 5.15. The molecule has 1 aromatic heterocycles. The number of thiophene rings is 1. The number of hydrogen-bond acceptors (Lipinski definition) is 2. The minimum atomic E-state index is -0.600. The lowest BCUT2D eigenvalue weighted by atomic mass is 9.67. The summed E-state index contributed by atoms with van der Waals surface area (Å²) in [6.07, 6.45) is 4.70. The van der Waals surface area contributed by atoms with Crippen molar-refractivity contribution in [3.05, 3.63) is 293 Å². The Bertz CT molecular complexity index is 3560. The molecular formula is C63H43NS. The number of rotatable bonds is 6. The van der Waals surface area contributed by atoms with Gasteiger partial charge >= 0.3 is 0 Å². The molecule has 3 aliphatic carbocycles. The molecule has 0 radical (unpaired) electrons. The summed E-state index contributed by atoms with van der Waals surface area (Å²) in [7, 11) is 0. The van der Waals surface area contributed by atoms with Gasteiger partial charge in [-0.25, -0.2) is 0 Å². The minimum Gasteiger partial charge on any atom is -0.310 e. The lowest BCUT2D eigenvalue weighted by molar-refractivity contribution is 0.767. The summed E-state index contributed by atoms with van der Waals surface area (Å²) in [6, 6.07) is 81.1. The molecule has 0 N–H and O–H groups in total. The monoisotopic (exact) mass is 845 g/mol. The third kappa shape index (κ3) is 5.09. The van der Waals surface area contributed by atoms with E-state index in [4.69, 9.17) is 6.58 Å². The fraction of sp³-hybridized carbons (Fsp3) is 0.0476. The molecule has 0 atom stereocenters. The Labute approximate surface area is 384 Å². The van der Waals surface area contributed by atoms with Crippen LogP contribution in [0.3, 0.4) is 0 Å². The van der Waals surface area contributed by atoms with E-state index in [1.807, 2.05) is 11.3 Å². The van der Waals surface area contributed by atoms with E-state index >= 15 is 0 Å². The number of benzene rings is 9. The topological polar surface area (TPSA) is 3.24 Å². The van der Waals surface area contributed by atoms with Crippen LogP contribution < -0.4 is 4.90 Å². The van der Waals surface area contributed by atoms with Gasteiger partial charge in [0.25, 0.3) is 0 Å². The zero-order chi connectivity index (χ0) is 43.3. The fourth-order valence-electron chi connectivity index (χ4n) is 12.1. The molecule has 0 amide bonds. The van der Waals surface area contributed by atoms with Gasteiger partial charge < -0.3 is 4.90 Å². The molecule has 9 aromatic carbocycles. The highest BCUT2D eigenvalue weighted by Gasteiger charge is 2.53. The van der Waals surface area contributed by atoms with Crippen LogP contribution >= 0.6 is 11.3 Å². The van der Waals surface area contributed by atoms with Gasteiger partial charge in [0.05, 0.1) is 16.5 Å². The van der Waals surface area contributed by atoms with Gasteiger partial charge in [0.2, 0.25) is 0 Å². The molecule has 2 heteroatoms. The third-order valence-corrected chi connectivity index (χ3v) is 15.6. The van der Waals surface area contributed by atoms with Crippen LogP contribution in [0.2, 0.25) is 0 Å². The van der Waals surface area contributed by atoms with Crippen LogP contribution in [-0.2, 0) is 10.8 Å². The molecular weight excluding hydrogens is 803 g/mol. The lowest BCUT2D eigenvalue weighted by Crippen LogP contribution is -2.29. The van der Waals surface area contributed by atoms with Crippen molar-refractivity contribution >= 4 is 48.5 Å². The van der Waals surface area contributed by atoms with E-state index in [0.717, 1.165) is 17.1 Å². The zero-order valence-electron chi connectivity index (χ0n) is 36.0. The molecule has 0 unspecified atom stereocenters. The molecule has 0 aliphatic heterocycles. The first kappa shape index (κ1) is 37.7. The molecule has 1 heterocycles. The van der Waals surface area contributed by atoms with Gasteiger partial charge in [0, 0.05) is 37.1 Å². The largest absolute Gasteiger partial charge is 0.310 e. The van der Waals surface area contributed by atoms with E-state index in [1.165, 1.54) is 98.1 Å². The molecule has 0 bridgehead atoms. The Morgan fingerprint density at radius 1 is 0.462 bits per heavy atom. The van der Waals surface area contributed by atoms with E-state index < -0.39 is 10.8 Å². The molecule has 0 saturated carbocycles. The third-order valence-electron chi connectivity index (χ3n) is 14.5. The summed E-state index contributed by atoms with van der Waals surface area (Å²) in [4.78, 5) is 2.45. The Hall–Kier alpha value is -7.78. The predicted molar refractivity (Wildman–Crippen MR) is 274 cm³/mol. The van der Waals surface area contributed by atoms with Crippen LogP contribution in [0.5, 0.6) is 0 Å². The Kier molecular flexibility index (Phi) is 8.35. The first-order valence-corrected chi connectivity index (χ1v) is 23.4. The van der Waals surface area contributed by atoms with Gasteiger partial charge in [-0.15, -0.1) is 11.3 Å². The summed E-state index contributed by atoms with van der Waals surface area (Å²) < 4.78 is 2.54. The van der Waals surface area contributed by atoms with Crippen molar-refractivity contribution < 1.29 is 0 Å². The smallest absolute Gasteiger partial charge is 0.0726 e. The average Bonchev–Trinajstić information content (AvgIpc) is 4.07. The number of allylic oxidation sites excluding steroid dienone is 4. The summed E-state index contributed by atoms with van der Waals surface area (Å²) >= 11 is 1.86. The van der Waals surface area contributed by atoms with Crippen molar-refractivity contribution in [2.75, 3.05) is 4.90 Å². The summed E-state index contributed by atoms with van der Waals surface area (Å²) in [6.45, 7) is 7.33. The second-order valence-corrected chi connectivity index (χ2v) is 18.6. The van der Waals surface area contributed by atoms with Crippen molar-refractivity contribution in [1.82, 2.24) is 0 Å². The first-order chi connectivity index (χ1) is 32.1. The molecule has 13 rings (SSSR count). The van der Waals surface area contributed by atoms with Gasteiger partial charge in [-0.2, -0.15) is 0 Å². The van der Waals surface area contributed by atoms with Gasteiger partial charge in [-0.05, 0) is 110 Å². The van der Waals surface area contributed by atoms with E-state index in [0.29, 0.717) is 0 Å². The minimum absolute atomic E-state index is 0.475. The van der Waals surface area contributed by atoms with Crippen LogP contribution in [0, 0.1) is 0 Å².